The fourth-order valence-electron chi connectivity index (χ4n) is 1.53. The Morgan fingerprint density at radius 2 is 2.10 bits per heavy atom. The average molecular weight is 321 g/mol. The molecule has 0 spiro atoms. The molecule has 20 heavy (non-hydrogen) atoms. The summed E-state index contributed by atoms with van der Waals surface area (Å²) < 4.78 is 27.8. The van der Waals surface area contributed by atoms with E-state index in [2.05, 4.69) is 5.32 Å². The number of rotatable bonds is 6. The average Bonchev–Trinajstić information content (AvgIpc) is 2.36. The molecular formula is C12H17ClN2O4S. The van der Waals surface area contributed by atoms with Gasteiger partial charge in [-0.05, 0) is 31.5 Å². The molecule has 1 aromatic carbocycles. The molecule has 0 saturated carbocycles. The summed E-state index contributed by atoms with van der Waals surface area (Å²) in [5.74, 6) is -0.422. The number of sulfonamides is 1. The van der Waals surface area contributed by atoms with Gasteiger partial charge in [-0.1, -0.05) is 11.6 Å². The Hall–Kier alpha value is -1.15. The topological polar surface area (TPSA) is 98.5 Å². The zero-order valence-corrected chi connectivity index (χ0v) is 12.8. The Kier molecular flexibility index (Phi) is 5.94. The summed E-state index contributed by atoms with van der Waals surface area (Å²) >= 11 is 5.93. The number of halogens is 1. The molecule has 0 saturated heterocycles. The van der Waals surface area contributed by atoms with Gasteiger partial charge in [-0.15, -0.1) is 0 Å². The van der Waals surface area contributed by atoms with Crippen molar-refractivity contribution in [2.75, 3.05) is 19.8 Å². The molecule has 0 bridgehead atoms. The zero-order valence-electron chi connectivity index (χ0n) is 11.3. The first-order valence-corrected chi connectivity index (χ1v) is 7.88. The van der Waals surface area contributed by atoms with E-state index in [0.29, 0.717) is 25.3 Å². The van der Waals surface area contributed by atoms with E-state index < -0.39 is 15.9 Å². The standard InChI is InChI=1S/C12H17ClN2O4S/c1-3-19-5-4-15-12(16)10-6-9(20(14,17)18)7-11(13)8(10)2/h6-7H,3-5H2,1-2H3,(H,15,16)(H2,14,17,18). The maximum Gasteiger partial charge on any atom is 0.251 e. The quantitative estimate of drug-likeness (QED) is 0.766. The SMILES string of the molecule is CCOCCNC(=O)c1cc(S(N)(=O)=O)cc(Cl)c1C. The highest BCUT2D eigenvalue weighted by molar-refractivity contribution is 7.89. The first-order valence-electron chi connectivity index (χ1n) is 5.96. The van der Waals surface area contributed by atoms with Gasteiger partial charge in [0.1, 0.15) is 0 Å². The van der Waals surface area contributed by atoms with Gasteiger partial charge in [-0.25, -0.2) is 13.6 Å². The van der Waals surface area contributed by atoms with Crippen molar-refractivity contribution >= 4 is 27.5 Å². The second kappa shape index (κ2) is 7.03. The molecule has 0 radical (unpaired) electrons. The number of hydrogen-bond donors (Lipinski definition) is 2. The number of hydrogen-bond acceptors (Lipinski definition) is 4. The van der Waals surface area contributed by atoms with Crippen LogP contribution in [-0.2, 0) is 14.8 Å². The van der Waals surface area contributed by atoms with Crippen LogP contribution in [0.4, 0.5) is 0 Å². The van der Waals surface area contributed by atoms with Crippen LogP contribution in [0.15, 0.2) is 17.0 Å². The molecule has 0 aliphatic rings. The summed E-state index contributed by atoms with van der Waals surface area (Å²) in [6.45, 7) is 4.74. The Labute approximate surface area is 123 Å². The molecule has 0 atom stereocenters. The van der Waals surface area contributed by atoms with Crippen molar-refractivity contribution in [3.05, 3.63) is 28.3 Å². The van der Waals surface area contributed by atoms with E-state index in [1.807, 2.05) is 6.92 Å². The van der Waals surface area contributed by atoms with Crippen LogP contribution in [0.5, 0.6) is 0 Å². The molecule has 0 fully saturated rings. The maximum atomic E-state index is 12.0. The third-order valence-electron chi connectivity index (χ3n) is 2.63. The van der Waals surface area contributed by atoms with Crippen molar-refractivity contribution in [1.82, 2.24) is 5.32 Å². The molecular weight excluding hydrogens is 304 g/mol. The lowest BCUT2D eigenvalue weighted by atomic mass is 10.1. The van der Waals surface area contributed by atoms with Gasteiger partial charge >= 0.3 is 0 Å². The van der Waals surface area contributed by atoms with Gasteiger partial charge < -0.3 is 10.1 Å². The molecule has 1 rings (SSSR count). The van der Waals surface area contributed by atoms with Crippen LogP contribution in [0.2, 0.25) is 5.02 Å². The summed E-state index contributed by atoms with van der Waals surface area (Å²) in [7, 11) is -3.92. The number of benzene rings is 1. The molecule has 0 aromatic heterocycles. The summed E-state index contributed by atoms with van der Waals surface area (Å²) in [5, 5.41) is 7.84. The normalized spacial score (nSPS) is 11.4. The molecule has 0 heterocycles. The van der Waals surface area contributed by atoms with Crippen LogP contribution in [-0.4, -0.2) is 34.1 Å². The highest BCUT2D eigenvalue weighted by Gasteiger charge is 2.17. The van der Waals surface area contributed by atoms with Gasteiger partial charge in [-0.2, -0.15) is 0 Å². The van der Waals surface area contributed by atoms with Gasteiger partial charge in [0, 0.05) is 23.7 Å². The minimum absolute atomic E-state index is 0.173. The smallest absolute Gasteiger partial charge is 0.251 e. The molecule has 1 aromatic rings. The van der Waals surface area contributed by atoms with Crippen LogP contribution in [0.3, 0.4) is 0 Å². The van der Waals surface area contributed by atoms with Gasteiger partial charge in [0.15, 0.2) is 0 Å². The van der Waals surface area contributed by atoms with Crippen LogP contribution < -0.4 is 10.5 Å². The lowest BCUT2D eigenvalue weighted by Crippen LogP contribution is -2.28. The maximum absolute atomic E-state index is 12.0. The molecule has 3 N–H and O–H groups in total. The molecule has 0 aliphatic carbocycles. The summed E-state index contributed by atoms with van der Waals surface area (Å²) in [6.07, 6.45) is 0. The van der Waals surface area contributed by atoms with Crippen LogP contribution in [0.25, 0.3) is 0 Å². The summed E-state index contributed by atoms with van der Waals surface area (Å²) in [4.78, 5) is 11.8. The van der Waals surface area contributed by atoms with Crippen LogP contribution in [0, 0.1) is 6.92 Å². The Balaban J connectivity index is 2.99. The predicted molar refractivity (Wildman–Crippen MR) is 76.4 cm³/mol. The number of nitrogens with one attached hydrogen (secondary N) is 1. The highest BCUT2D eigenvalue weighted by Crippen LogP contribution is 2.23. The van der Waals surface area contributed by atoms with E-state index >= 15 is 0 Å². The Morgan fingerprint density at radius 3 is 2.65 bits per heavy atom. The van der Waals surface area contributed by atoms with E-state index in [9.17, 15) is 13.2 Å². The van der Waals surface area contributed by atoms with Crippen molar-refractivity contribution in [3.63, 3.8) is 0 Å². The zero-order chi connectivity index (χ0) is 15.3. The van der Waals surface area contributed by atoms with Crippen molar-refractivity contribution in [1.29, 1.82) is 0 Å². The second-order valence-corrected chi connectivity index (χ2v) is 6.04. The number of nitrogens with two attached hydrogens (primary N) is 1. The third-order valence-corrected chi connectivity index (χ3v) is 3.91. The highest BCUT2D eigenvalue weighted by atomic mass is 35.5. The largest absolute Gasteiger partial charge is 0.380 e. The second-order valence-electron chi connectivity index (χ2n) is 4.08. The Morgan fingerprint density at radius 1 is 1.45 bits per heavy atom. The first-order chi connectivity index (χ1) is 9.27. The van der Waals surface area contributed by atoms with Crippen molar-refractivity contribution in [2.24, 2.45) is 5.14 Å². The number of primary sulfonamides is 1. The van der Waals surface area contributed by atoms with E-state index in [-0.39, 0.29) is 15.5 Å². The minimum atomic E-state index is -3.92. The predicted octanol–water partition coefficient (Wildman–Crippen LogP) is 1.06. The van der Waals surface area contributed by atoms with Gasteiger partial charge in [0.05, 0.1) is 11.5 Å². The number of carbonyl (C=O) groups excluding carboxylic acids is 1. The molecule has 6 nitrogen and oxygen atoms in total. The summed E-state index contributed by atoms with van der Waals surface area (Å²) in [6, 6.07) is 2.44. The van der Waals surface area contributed by atoms with E-state index in [1.54, 1.807) is 6.92 Å². The summed E-state index contributed by atoms with van der Waals surface area (Å²) in [5.41, 5.74) is 0.672. The molecule has 0 aliphatic heterocycles. The van der Waals surface area contributed by atoms with Crippen molar-refractivity contribution in [3.8, 4) is 0 Å². The number of ether oxygens (including phenoxy) is 1. The molecule has 0 unspecified atom stereocenters. The van der Waals surface area contributed by atoms with Crippen LogP contribution in [0.1, 0.15) is 22.8 Å². The third kappa shape index (κ3) is 4.45. The van der Waals surface area contributed by atoms with E-state index in [0.717, 1.165) is 0 Å². The van der Waals surface area contributed by atoms with Crippen molar-refractivity contribution < 1.29 is 17.9 Å². The minimum Gasteiger partial charge on any atom is -0.380 e. The Bertz CT molecular complexity index is 602. The first kappa shape index (κ1) is 16.9. The van der Waals surface area contributed by atoms with Crippen LogP contribution >= 0.6 is 11.6 Å². The fraction of sp³-hybridized carbons (Fsp3) is 0.417. The van der Waals surface area contributed by atoms with E-state index in [1.165, 1.54) is 12.1 Å². The fourth-order valence-corrected chi connectivity index (χ4v) is 2.38. The lowest BCUT2D eigenvalue weighted by molar-refractivity contribution is 0.0922. The lowest BCUT2D eigenvalue weighted by Gasteiger charge is -2.11. The number of carbonyl (C=O) groups is 1. The molecule has 112 valence electrons. The van der Waals surface area contributed by atoms with Gasteiger partial charge in [0.25, 0.3) is 5.91 Å². The monoisotopic (exact) mass is 320 g/mol. The van der Waals surface area contributed by atoms with Crippen molar-refractivity contribution in [2.45, 2.75) is 18.7 Å². The molecule has 1 amide bonds. The van der Waals surface area contributed by atoms with E-state index in [4.69, 9.17) is 21.5 Å². The van der Waals surface area contributed by atoms with Gasteiger partial charge in [0.2, 0.25) is 10.0 Å². The molecule has 8 heteroatoms. The van der Waals surface area contributed by atoms with Gasteiger partial charge in [-0.3, -0.25) is 4.79 Å². The number of amides is 1.